The molecule has 0 bridgehead atoms. The molecule has 0 radical (unpaired) electrons. The molecular formula is C33H38FN5O3. The Balaban J connectivity index is 1.49. The van der Waals surface area contributed by atoms with Gasteiger partial charge in [-0.25, -0.2) is 9.37 Å². The summed E-state index contributed by atoms with van der Waals surface area (Å²) in [5.74, 6) is -1.38. The molecule has 8 nitrogen and oxygen atoms in total. The molecule has 4 aromatic rings. The van der Waals surface area contributed by atoms with Gasteiger partial charge in [0.25, 0.3) is 5.91 Å². The first-order valence-electron chi connectivity index (χ1n) is 14.3. The number of carbonyl (C=O) groups is 2. The highest BCUT2D eigenvalue weighted by Crippen LogP contribution is 2.24. The molecule has 2 aromatic carbocycles. The second kappa shape index (κ2) is 14.6. The third kappa shape index (κ3) is 9.41. The number of aromatic nitrogens is 3. The van der Waals surface area contributed by atoms with Gasteiger partial charge in [-0.3, -0.25) is 19.6 Å². The number of pyridine rings is 1. The van der Waals surface area contributed by atoms with Crippen LogP contribution in [-0.2, 0) is 17.6 Å². The summed E-state index contributed by atoms with van der Waals surface area (Å²) in [6.45, 7) is 3.36. The number of halogens is 1. The van der Waals surface area contributed by atoms with Crippen molar-refractivity contribution in [3.05, 3.63) is 102 Å². The molecule has 3 atom stereocenters. The Hall–Kier alpha value is -4.24. The van der Waals surface area contributed by atoms with E-state index in [2.05, 4.69) is 25.6 Å². The lowest BCUT2D eigenvalue weighted by atomic mass is 9.87. The normalized spacial score (nSPS) is 13.7. The number of aliphatic hydroxyl groups excluding tert-OH is 1. The monoisotopic (exact) mass is 571 g/mol. The van der Waals surface area contributed by atoms with E-state index in [1.807, 2.05) is 60.7 Å². The molecule has 0 aliphatic heterocycles. The van der Waals surface area contributed by atoms with E-state index in [-0.39, 0.29) is 30.9 Å². The number of fused-ring (bicyclic) bond motifs is 1. The Bertz CT molecular complexity index is 1450. The first-order chi connectivity index (χ1) is 20.2. The van der Waals surface area contributed by atoms with Gasteiger partial charge >= 0.3 is 0 Å². The number of amides is 2. The zero-order valence-electron chi connectivity index (χ0n) is 24.0. The number of rotatable bonds is 14. The fraction of sp³-hybridized carbons (Fsp3) is 0.364. The van der Waals surface area contributed by atoms with Crippen LogP contribution in [0.25, 0.3) is 11.0 Å². The molecule has 2 heterocycles. The average molecular weight is 572 g/mol. The van der Waals surface area contributed by atoms with Crippen molar-refractivity contribution in [1.82, 2.24) is 25.6 Å². The maximum Gasteiger partial charge on any atom is 0.271 e. The lowest BCUT2D eigenvalue weighted by Crippen LogP contribution is -2.47. The maximum absolute atomic E-state index is 14.5. The summed E-state index contributed by atoms with van der Waals surface area (Å²) < 4.78 is 14.5. The zero-order valence-corrected chi connectivity index (χ0v) is 24.0. The van der Waals surface area contributed by atoms with Crippen LogP contribution in [0.5, 0.6) is 0 Å². The molecule has 220 valence electrons. The molecule has 4 rings (SSSR count). The van der Waals surface area contributed by atoms with Crippen LogP contribution in [0.4, 0.5) is 4.39 Å². The first-order valence-corrected chi connectivity index (χ1v) is 14.3. The maximum atomic E-state index is 14.5. The molecule has 0 aliphatic rings. The molecule has 0 spiro atoms. The van der Waals surface area contributed by atoms with Gasteiger partial charge < -0.3 is 15.7 Å². The number of nitrogens with one attached hydrogen (secondary N) is 2. The van der Waals surface area contributed by atoms with Crippen LogP contribution < -0.4 is 10.6 Å². The Kier molecular flexibility index (Phi) is 10.7. The highest BCUT2D eigenvalue weighted by molar-refractivity contribution is 5.94. The van der Waals surface area contributed by atoms with Crippen LogP contribution >= 0.6 is 0 Å². The molecule has 2 amide bonds. The minimum absolute atomic E-state index is 0.0539. The molecule has 0 unspecified atom stereocenters. The Morgan fingerprint density at radius 3 is 2.36 bits per heavy atom. The minimum atomic E-state index is -1.47. The van der Waals surface area contributed by atoms with E-state index >= 15 is 0 Å². The van der Waals surface area contributed by atoms with E-state index in [1.54, 1.807) is 18.5 Å². The second-order valence-electron chi connectivity index (χ2n) is 11.2. The highest BCUT2D eigenvalue weighted by Gasteiger charge is 2.30. The molecule has 0 aliphatic carbocycles. The van der Waals surface area contributed by atoms with Gasteiger partial charge in [0.05, 0.1) is 29.4 Å². The summed E-state index contributed by atoms with van der Waals surface area (Å²) >= 11 is 0. The fourth-order valence-corrected chi connectivity index (χ4v) is 4.81. The van der Waals surface area contributed by atoms with Gasteiger partial charge in [0.2, 0.25) is 5.91 Å². The van der Waals surface area contributed by atoms with E-state index in [4.69, 9.17) is 0 Å². The van der Waals surface area contributed by atoms with Gasteiger partial charge in [0.15, 0.2) is 0 Å². The predicted octanol–water partition coefficient (Wildman–Crippen LogP) is 4.62. The highest BCUT2D eigenvalue weighted by atomic mass is 19.1. The molecule has 42 heavy (non-hydrogen) atoms. The lowest BCUT2D eigenvalue weighted by molar-refractivity contribution is -0.126. The number of benzene rings is 2. The van der Waals surface area contributed by atoms with Crippen LogP contribution in [-0.4, -0.2) is 56.2 Å². The predicted molar refractivity (Wildman–Crippen MR) is 160 cm³/mol. The van der Waals surface area contributed by atoms with Crippen LogP contribution in [0.15, 0.2) is 85.3 Å². The minimum Gasteiger partial charge on any atom is -0.391 e. The number of carbonyl (C=O) groups excluding carboxylic acids is 2. The summed E-state index contributed by atoms with van der Waals surface area (Å²) in [5, 5.41) is 17.3. The fourth-order valence-electron chi connectivity index (χ4n) is 4.81. The summed E-state index contributed by atoms with van der Waals surface area (Å²) in [4.78, 5) is 39.3. The average Bonchev–Trinajstić information content (AvgIpc) is 2.99. The van der Waals surface area contributed by atoms with Gasteiger partial charge in [-0.05, 0) is 81.3 Å². The standard InChI is InChI=1S/C33H38FN5O3/c1-33(2,34)16-12-25(31(41)36-19-15-23-13-17-35-18-14-23)21-30(40)28(20-24-8-4-3-5-9-24)39-32(42)29-22-37-26-10-6-7-11-27(26)38-29/h3-11,13-14,17-18,22,25,28,30,40H,12,15-16,19-21H2,1-2H3,(H,36,41)(H,39,42)/t25-,28+,30+/m1/s1. The SMILES string of the molecule is CC(C)(F)CC[C@H](C[C@H](O)[C@H](Cc1ccccc1)NC(=O)c1cnc2ccccc2n1)C(=O)NCCc1ccncc1. The zero-order chi connectivity index (χ0) is 30.0. The number of alkyl halides is 1. The topological polar surface area (TPSA) is 117 Å². The lowest BCUT2D eigenvalue weighted by Gasteiger charge is -2.28. The second-order valence-corrected chi connectivity index (χ2v) is 11.2. The van der Waals surface area contributed by atoms with Gasteiger partial charge in [0.1, 0.15) is 11.4 Å². The molecular weight excluding hydrogens is 533 g/mol. The molecule has 3 N–H and O–H groups in total. The number of aliphatic hydroxyl groups is 1. The van der Waals surface area contributed by atoms with E-state index < -0.39 is 29.6 Å². The van der Waals surface area contributed by atoms with Crippen molar-refractivity contribution in [2.75, 3.05) is 6.54 Å². The van der Waals surface area contributed by atoms with Crippen molar-refractivity contribution in [3.8, 4) is 0 Å². The van der Waals surface area contributed by atoms with Gasteiger partial charge in [-0.1, -0.05) is 42.5 Å². The Labute approximate surface area is 245 Å². The van der Waals surface area contributed by atoms with Gasteiger partial charge in [0, 0.05) is 24.9 Å². The molecule has 0 fully saturated rings. The summed E-state index contributed by atoms with van der Waals surface area (Å²) in [7, 11) is 0. The Morgan fingerprint density at radius 1 is 0.952 bits per heavy atom. The number of nitrogens with zero attached hydrogens (tertiary/aromatic N) is 3. The number of hydrogen-bond acceptors (Lipinski definition) is 6. The summed E-state index contributed by atoms with van der Waals surface area (Å²) in [6.07, 6.45) is 5.14. The smallest absolute Gasteiger partial charge is 0.271 e. The molecule has 9 heteroatoms. The van der Waals surface area contributed by atoms with E-state index in [0.717, 1.165) is 11.1 Å². The van der Waals surface area contributed by atoms with Crippen molar-refractivity contribution in [2.45, 2.75) is 63.8 Å². The largest absolute Gasteiger partial charge is 0.391 e. The first kappa shape index (κ1) is 30.7. The van der Waals surface area contributed by atoms with Gasteiger partial charge in [-0.2, -0.15) is 0 Å². The quantitative estimate of drug-likeness (QED) is 0.203. The third-order valence-electron chi connectivity index (χ3n) is 7.21. The number of para-hydroxylation sites is 2. The summed E-state index contributed by atoms with van der Waals surface area (Å²) in [5.41, 5.74) is 1.87. The van der Waals surface area contributed by atoms with Crippen LogP contribution in [0.1, 0.15) is 54.7 Å². The molecule has 0 saturated carbocycles. The van der Waals surface area contributed by atoms with E-state index in [9.17, 15) is 19.1 Å². The van der Waals surface area contributed by atoms with Crippen molar-refractivity contribution in [3.63, 3.8) is 0 Å². The van der Waals surface area contributed by atoms with Crippen molar-refractivity contribution in [2.24, 2.45) is 5.92 Å². The van der Waals surface area contributed by atoms with Crippen molar-refractivity contribution in [1.29, 1.82) is 0 Å². The molecule has 2 aromatic heterocycles. The Morgan fingerprint density at radius 2 is 1.64 bits per heavy atom. The van der Waals surface area contributed by atoms with Crippen LogP contribution in [0.2, 0.25) is 0 Å². The van der Waals surface area contributed by atoms with Crippen LogP contribution in [0, 0.1) is 5.92 Å². The van der Waals surface area contributed by atoms with Crippen molar-refractivity contribution < 1.29 is 19.1 Å². The molecule has 0 saturated heterocycles. The van der Waals surface area contributed by atoms with E-state index in [0.29, 0.717) is 30.4 Å². The van der Waals surface area contributed by atoms with Gasteiger partial charge in [-0.15, -0.1) is 0 Å². The van der Waals surface area contributed by atoms with Crippen LogP contribution in [0.3, 0.4) is 0 Å². The third-order valence-corrected chi connectivity index (χ3v) is 7.21. The van der Waals surface area contributed by atoms with Crippen molar-refractivity contribution >= 4 is 22.8 Å². The summed E-state index contributed by atoms with van der Waals surface area (Å²) in [6, 6.07) is 19.8. The number of hydrogen-bond donors (Lipinski definition) is 3. The van der Waals surface area contributed by atoms with E-state index in [1.165, 1.54) is 20.0 Å².